The van der Waals surface area contributed by atoms with E-state index in [0.717, 1.165) is 12.8 Å². The lowest BCUT2D eigenvalue weighted by Gasteiger charge is -2.30. The van der Waals surface area contributed by atoms with Crippen molar-refractivity contribution in [2.75, 3.05) is 26.3 Å². The topological polar surface area (TPSA) is 84.7 Å². The van der Waals surface area contributed by atoms with E-state index in [1.165, 1.54) is 16.7 Å². The van der Waals surface area contributed by atoms with Gasteiger partial charge in [-0.1, -0.05) is 0 Å². The molecule has 7 nitrogen and oxygen atoms in total. The average Bonchev–Trinajstić information content (AvgIpc) is 2.96. The molecule has 21 heavy (non-hydrogen) atoms. The molecule has 0 spiro atoms. The fourth-order valence-electron chi connectivity index (χ4n) is 2.46. The molecule has 0 radical (unpaired) electrons. The summed E-state index contributed by atoms with van der Waals surface area (Å²) in [6, 6.07) is 0. The molecule has 0 bridgehead atoms. The Morgan fingerprint density at radius 2 is 2.14 bits per heavy atom. The van der Waals surface area contributed by atoms with Crippen LogP contribution in [0.1, 0.15) is 26.2 Å². The Morgan fingerprint density at radius 3 is 2.76 bits per heavy atom. The monoisotopic (exact) mass is 317 g/mol. The normalized spacial score (nSPS) is 18.2. The lowest BCUT2D eigenvalue weighted by atomic mass is 10.1. The van der Waals surface area contributed by atoms with Gasteiger partial charge in [-0.25, -0.2) is 8.42 Å². The molecule has 0 unspecified atom stereocenters. The van der Waals surface area contributed by atoms with E-state index < -0.39 is 10.0 Å². The zero-order chi connectivity index (χ0) is 15.3. The molecule has 2 heterocycles. The number of piperidine rings is 1. The summed E-state index contributed by atoms with van der Waals surface area (Å²) in [6.07, 6.45) is 5.08. The number of hydrogen-bond donors (Lipinski definition) is 1. The van der Waals surface area contributed by atoms with Gasteiger partial charge >= 0.3 is 0 Å². The molecular formula is C13H23N3O4S. The maximum absolute atomic E-state index is 12.5. The first-order valence-electron chi connectivity index (χ1n) is 7.33. The molecule has 0 atom stereocenters. The molecule has 0 aliphatic carbocycles. The molecule has 120 valence electrons. The quantitative estimate of drug-likeness (QED) is 0.789. The number of aliphatic hydroxyl groups is 1. The Balaban J connectivity index is 2.00. The fraction of sp³-hybridized carbons (Fsp3) is 0.769. The van der Waals surface area contributed by atoms with Crippen LogP contribution in [-0.2, 0) is 21.3 Å². The van der Waals surface area contributed by atoms with Crippen molar-refractivity contribution in [2.45, 2.75) is 43.7 Å². The molecule has 8 heteroatoms. The van der Waals surface area contributed by atoms with Crippen LogP contribution >= 0.6 is 0 Å². The summed E-state index contributed by atoms with van der Waals surface area (Å²) < 4.78 is 33.6. The minimum atomic E-state index is -3.47. The SMILES string of the molecule is CCOC1CCN(S(=O)(=O)c2cnn(CCCO)c2)CC1. The lowest BCUT2D eigenvalue weighted by molar-refractivity contribution is 0.0290. The summed E-state index contributed by atoms with van der Waals surface area (Å²) >= 11 is 0. The predicted molar refractivity (Wildman–Crippen MR) is 77.3 cm³/mol. The van der Waals surface area contributed by atoms with Crippen molar-refractivity contribution < 1.29 is 18.3 Å². The molecule has 1 aliphatic rings. The second kappa shape index (κ2) is 7.35. The molecule has 1 N–H and O–H groups in total. The van der Waals surface area contributed by atoms with E-state index in [1.807, 2.05) is 6.92 Å². The van der Waals surface area contributed by atoms with Crippen LogP contribution in [0.15, 0.2) is 17.3 Å². The summed E-state index contributed by atoms with van der Waals surface area (Å²) in [5, 5.41) is 12.8. The Kier molecular flexibility index (Phi) is 5.74. The highest BCUT2D eigenvalue weighted by atomic mass is 32.2. The molecule has 0 saturated carbocycles. The van der Waals surface area contributed by atoms with Crippen molar-refractivity contribution in [3.63, 3.8) is 0 Å². The molecule has 1 aliphatic heterocycles. The van der Waals surface area contributed by atoms with Gasteiger partial charge in [-0.2, -0.15) is 9.40 Å². The lowest BCUT2D eigenvalue weighted by Crippen LogP contribution is -2.40. The summed E-state index contributed by atoms with van der Waals surface area (Å²) in [5.74, 6) is 0. The number of rotatable bonds is 7. The minimum Gasteiger partial charge on any atom is -0.396 e. The average molecular weight is 317 g/mol. The number of aryl methyl sites for hydroxylation is 1. The Bertz CT molecular complexity index is 535. The number of hydrogen-bond acceptors (Lipinski definition) is 5. The van der Waals surface area contributed by atoms with Gasteiger partial charge in [0.25, 0.3) is 0 Å². The summed E-state index contributed by atoms with van der Waals surface area (Å²) in [6.45, 7) is 4.15. The van der Waals surface area contributed by atoms with Gasteiger partial charge < -0.3 is 9.84 Å². The van der Waals surface area contributed by atoms with E-state index in [9.17, 15) is 8.42 Å². The van der Waals surface area contributed by atoms with Gasteiger partial charge in [0.15, 0.2) is 0 Å². The van der Waals surface area contributed by atoms with Gasteiger partial charge in [0, 0.05) is 39.0 Å². The zero-order valence-electron chi connectivity index (χ0n) is 12.3. The van der Waals surface area contributed by atoms with Crippen LogP contribution in [0.4, 0.5) is 0 Å². The third-order valence-electron chi connectivity index (χ3n) is 3.60. The summed E-state index contributed by atoms with van der Waals surface area (Å²) in [5.41, 5.74) is 0. The molecule has 0 aromatic carbocycles. The van der Waals surface area contributed by atoms with Crippen LogP contribution in [0.2, 0.25) is 0 Å². The molecule has 0 amide bonds. The first-order valence-corrected chi connectivity index (χ1v) is 8.77. The minimum absolute atomic E-state index is 0.0624. The molecular weight excluding hydrogens is 294 g/mol. The molecule has 1 saturated heterocycles. The molecule has 1 aromatic rings. The smallest absolute Gasteiger partial charge is 0.246 e. The van der Waals surface area contributed by atoms with E-state index in [-0.39, 0.29) is 17.6 Å². The predicted octanol–water partition coefficient (Wildman–Crippen LogP) is 0.455. The van der Waals surface area contributed by atoms with Gasteiger partial charge in [0.05, 0.1) is 12.3 Å². The standard InChI is InChI=1S/C13H23N3O4S/c1-2-20-12-4-7-16(8-5-12)21(18,19)13-10-14-15(11-13)6-3-9-17/h10-12,17H,2-9H2,1H3. The third kappa shape index (κ3) is 4.03. The van der Waals surface area contributed by atoms with E-state index >= 15 is 0 Å². The van der Waals surface area contributed by atoms with Gasteiger partial charge in [-0.15, -0.1) is 0 Å². The van der Waals surface area contributed by atoms with Gasteiger partial charge in [0.1, 0.15) is 4.90 Å². The van der Waals surface area contributed by atoms with Crippen LogP contribution in [0.3, 0.4) is 0 Å². The van der Waals surface area contributed by atoms with Crippen molar-refractivity contribution in [1.29, 1.82) is 0 Å². The van der Waals surface area contributed by atoms with E-state index in [0.29, 0.717) is 32.7 Å². The molecule has 2 rings (SSSR count). The fourth-order valence-corrected chi connectivity index (χ4v) is 3.88. The van der Waals surface area contributed by atoms with Crippen LogP contribution in [-0.4, -0.2) is 60.0 Å². The zero-order valence-corrected chi connectivity index (χ0v) is 13.1. The second-order valence-electron chi connectivity index (χ2n) is 5.08. The third-order valence-corrected chi connectivity index (χ3v) is 5.45. The number of aromatic nitrogens is 2. The van der Waals surface area contributed by atoms with Gasteiger partial charge in [-0.3, -0.25) is 4.68 Å². The van der Waals surface area contributed by atoms with Crippen molar-refractivity contribution in [3.05, 3.63) is 12.4 Å². The highest BCUT2D eigenvalue weighted by molar-refractivity contribution is 7.89. The van der Waals surface area contributed by atoms with Crippen molar-refractivity contribution in [3.8, 4) is 0 Å². The van der Waals surface area contributed by atoms with Crippen LogP contribution in [0.25, 0.3) is 0 Å². The van der Waals surface area contributed by atoms with Gasteiger partial charge in [0.2, 0.25) is 10.0 Å². The summed E-state index contributed by atoms with van der Waals surface area (Å²) in [7, 11) is -3.47. The van der Waals surface area contributed by atoms with Crippen LogP contribution in [0.5, 0.6) is 0 Å². The van der Waals surface area contributed by atoms with Gasteiger partial charge in [-0.05, 0) is 26.2 Å². The number of aliphatic hydroxyl groups excluding tert-OH is 1. The molecule has 1 aromatic heterocycles. The number of sulfonamides is 1. The second-order valence-corrected chi connectivity index (χ2v) is 7.01. The maximum atomic E-state index is 12.5. The van der Waals surface area contributed by atoms with E-state index in [2.05, 4.69) is 5.10 Å². The van der Waals surface area contributed by atoms with Crippen LogP contribution < -0.4 is 0 Å². The highest BCUT2D eigenvalue weighted by Gasteiger charge is 2.30. The van der Waals surface area contributed by atoms with Crippen molar-refractivity contribution >= 4 is 10.0 Å². The van der Waals surface area contributed by atoms with E-state index in [1.54, 1.807) is 4.68 Å². The Hall–Kier alpha value is -0.960. The first-order chi connectivity index (χ1) is 10.1. The summed E-state index contributed by atoms with van der Waals surface area (Å²) in [4.78, 5) is 0.218. The highest BCUT2D eigenvalue weighted by Crippen LogP contribution is 2.21. The maximum Gasteiger partial charge on any atom is 0.246 e. The Labute approximate surface area is 125 Å². The number of nitrogens with zero attached hydrogens (tertiary/aromatic N) is 3. The number of ether oxygens (including phenoxy) is 1. The van der Waals surface area contributed by atoms with Crippen LogP contribution in [0, 0.1) is 0 Å². The first kappa shape index (κ1) is 16.4. The Morgan fingerprint density at radius 1 is 1.43 bits per heavy atom. The van der Waals surface area contributed by atoms with Crippen molar-refractivity contribution in [1.82, 2.24) is 14.1 Å². The molecule has 1 fully saturated rings. The van der Waals surface area contributed by atoms with E-state index in [4.69, 9.17) is 9.84 Å². The largest absolute Gasteiger partial charge is 0.396 e. The van der Waals surface area contributed by atoms with Crippen molar-refractivity contribution in [2.24, 2.45) is 0 Å².